The van der Waals surface area contributed by atoms with Crippen LogP contribution in [-0.2, 0) is 9.53 Å². The number of rotatable bonds is 5. The third-order valence-corrected chi connectivity index (χ3v) is 4.37. The van der Waals surface area contributed by atoms with Crippen molar-refractivity contribution in [1.82, 2.24) is 0 Å². The van der Waals surface area contributed by atoms with Crippen molar-refractivity contribution in [3.05, 3.63) is 0 Å². The van der Waals surface area contributed by atoms with E-state index in [-0.39, 0.29) is 9.39 Å². The zero-order chi connectivity index (χ0) is 11.1. The van der Waals surface area contributed by atoms with Gasteiger partial charge in [-0.25, -0.2) is 0 Å². The monoisotopic (exact) mass is 324 g/mol. The number of hydrogen-bond acceptors (Lipinski definition) is 2. The van der Waals surface area contributed by atoms with Crippen molar-refractivity contribution in [3.63, 3.8) is 0 Å². The van der Waals surface area contributed by atoms with Crippen LogP contribution in [0.5, 0.6) is 0 Å². The second-order valence-electron chi connectivity index (χ2n) is 4.48. The molecule has 0 aliphatic heterocycles. The van der Waals surface area contributed by atoms with E-state index < -0.39 is 0 Å². The van der Waals surface area contributed by atoms with E-state index in [9.17, 15) is 4.79 Å². The first kappa shape index (κ1) is 13.3. The fraction of sp³-hybridized carbons (Fsp3) is 0.917. The molecule has 1 rings (SSSR count). The van der Waals surface area contributed by atoms with Crippen molar-refractivity contribution in [2.45, 2.75) is 61.7 Å². The lowest BCUT2D eigenvalue weighted by atomic mass is 9.90. The molecule has 0 N–H and O–H groups in total. The van der Waals surface area contributed by atoms with E-state index in [0.717, 1.165) is 12.8 Å². The Morgan fingerprint density at radius 1 is 1.33 bits per heavy atom. The summed E-state index contributed by atoms with van der Waals surface area (Å²) in [5.41, 5.74) is 0. The molecule has 3 heteroatoms. The van der Waals surface area contributed by atoms with Crippen LogP contribution in [0.25, 0.3) is 0 Å². The summed E-state index contributed by atoms with van der Waals surface area (Å²) in [5, 5.41) is 0. The van der Waals surface area contributed by atoms with Gasteiger partial charge < -0.3 is 4.74 Å². The van der Waals surface area contributed by atoms with Crippen molar-refractivity contribution < 1.29 is 9.53 Å². The molecule has 1 aliphatic rings. The van der Waals surface area contributed by atoms with Gasteiger partial charge in [0.1, 0.15) is 6.61 Å². The zero-order valence-corrected chi connectivity index (χ0v) is 11.7. The van der Waals surface area contributed by atoms with Gasteiger partial charge in [0.15, 0.2) is 0 Å². The van der Waals surface area contributed by atoms with Gasteiger partial charge in [-0.05, 0) is 19.3 Å². The molecule has 0 atom stereocenters. The predicted molar refractivity (Wildman–Crippen MR) is 70.3 cm³/mol. The third-order valence-electron chi connectivity index (χ3n) is 2.98. The number of esters is 1. The molecule has 1 fully saturated rings. The van der Waals surface area contributed by atoms with Gasteiger partial charge in [0.2, 0.25) is 0 Å². The summed E-state index contributed by atoms with van der Waals surface area (Å²) in [6.07, 6.45) is 8.92. The summed E-state index contributed by atoms with van der Waals surface area (Å²) >= 11 is 2.48. The SMILES string of the molecule is CCCCC(=O)OCC1(I)CCCCC1. The highest BCUT2D eigenvalue weighted by Gasteiger charge is 2.30. The summed E-state index contributed by atoms with van der Waals surface area (Å²) in [4.78, 5) is 11.4. The molecule has 0 aromatic heterocycles. The molecule has 0 saturated heterocycles. The predicted octanol–water partition coefficient (Wildman–Crippen LogP) is 3.86. The maximum absolute atomic E-state index is 11.4. The molecular weight excluding hydrogens is 303 g/mol. The molecule has 0 heterocycles. The second-order valence-corrected chi connectivity index (χ2v) is 6.76. The Morgan fingerprint density at radius 2 is 2.00 bits per heavy atom. The minimum absolute atomic E-state index is 0.0153. The molecule has 15 heavy (non-hydrogen) atoms. The van der Waals surface area contributed by atoms with Gasteiger partial charge in [-0.2, -0.15) is 0 Å². The number of carbonyl (C=O) groups excluding carboxylic acids is 1. The van der Waals surface area contributed by atoms with E-state index in [1.807, 2.05) is 0 Å². The van der Waals surface area contributed by atoms with Gasteiger partial charge in [0.05, 0.1) is 3.42 Å². The van der Waals surface area contributed by atoms with Crippen LogP contribution in [0.2, 0.25) is 0 Å². The number of ether oxygens (including phenoxy) is 1. The number of alkyl halides is 1. The van der Waals surface area contributed by atoms with Crippen molar-refractivity contribution >= 4 is 28.6 Å². The average Bonchev–Trinajstić information content (AvgIpc) is 2.25. The molecule has 88 valence electrons. The Kier molecular flexibility index (Phi) is 5.94. The van der Waals surface area contributed by atoms with Crippen molar-refractivity contribution in [3.8, 4) is 0 Å². The Balaban J connectivity index is 2.19. The van der Waals surface area contributed by atoms with Crippen molar-refractivity contribution in [2.24, 2.45) is 0 Å². The van der Waals surface area contributed by atoms with Gasteiger partial charge in [0, 0.05) is 6.42 Å². The van der Waals surface area contributed by atoms with Gasteiger partial charge >= 0.3 is 5.97 Å². The topological polar surface area (TPSA) is 26.3 Å². The summed E-state index contributed by atoms with van der Waals surface area (Å²) in [6, 6.07) is 0. The first-order valence-corrected chi connectivity index (χ1v) is 7.09. The van der Waals surface area contributed by atoms with Gasteiger partial charge in [0.25, 0.3) is 0 Å². The highest BCUT2D eigenvalue weighted by atomic mass is 127. The first-order chi connectivity index (χ1) is 7.16. The summed E-state index contributed by atoms with van der Waals surface area (Å²) in [5.74, 6) is -0.0153. The number of halogens is 1. The number of carbonyl (C=O) groups is 1. The molecule has 0 aromatic rings. The Hall–Kier alpha value is 0.200. The highest BCUT2D eigenvalue weighted by Crippen LogP contribution is 2.36. The van der Waals surface area contributed by atoms with Crippen LogP contribution in [0.1, 0.15) is 58.3 Å². The molecule has 1 aliphatic carbocycles. The Bertz CT molecular complexity index is 198. The van der Waals surface area contributed by atoms with Crippen molar-refractivity contribution in [2.75, 3.05) is 6.61 Å². The largest absolute Gasteiger partial charge is 0.464 e. The van der Waals surface area contributed by atoms with Crippen LogP contribution in [0.15, 0.2) is 0 Å². The average molecular weight is 324 g/mol. The maximum atomic E-state index is 11.4. The molecular formula is C12H21IO2. The minimum Gasteiger partial charge on any atom is -0.464 e. The fourth-order valence-electron chi connectivity index (χ4n) is 1.93. The zero-order valence-electron chi connectivity index (χ0n) is 9.56. The molecule has 0 bridgehead atoms. The quantitative estimate of drug-likeness (QED) is 0.436. The molecule has 0 amide bonds. The van der Waals surface area contributed by atoms with Crippen LogP contribution in [0.3, 0.4) is 0 Å². The smallest absolute Gasteiger partial charge is 0.305 e. The van der Waals surface area contributed by atoms with Crippen LogP contribution in [0, 0.1) is 0 Å². The van der Waals surface area contributed by atoms with Crippen molar-refractivity contribution in [1.29, 1.82) is 0 Å². The first-order valence-electron chi connectivity index (χ1n) is 6.01. The molecule has 0 radical (unpaired) electrons. The fourth-order valence-corrected chi connectivity index (χ4v) is 2.85. The summed E-state index contributed by atoms with van der Waals surface area (Å²) in [7, 11) is 0. The van der Waals surface area contributed by atoms with E-state index in [0.29, 0.717) is 13.0 Å². The third kappa shape index (κ3) is 5.18. The van der Waals surface area contributed by atoms with E-state index in [1.165, 1.54) is 32.1 Å². The lowest BCUT2D eigenvalue weighted by molar-refractivity contribution is -0.144. The summed E-state index contributed by atoms with van der Waals surface area (Å²) < 4.78 is 5.57. The Labute approximate surface area is 106 Å². The van der Waals surface area contributed by atoms with E-state index in [2.05, 4.69) is 29.5 Å². The van der Waals surface area contributed by atoms with E-state index >= 15 is 0 Å². The highest BCUT2D eigenvalue weighted by molar-refractivity contribution is 14.1. The van der Waals surface area contributed by atoms with E-state index in [1.54, 1.807) is 0 Å². The molecule has 0 aromatic carbocycles. The van der Waals surface area contributed by atoms with E-state index in [4.69, 9.17) is 4.74 Å². The normalized spacial score (nSPS) is 19.9. The van der Waals surface area contributed by atoms with Gasteiger partial charge in [-0.3, -0.25) is 4.79 Å². The lowest BCUT2D eigenvalue weighted by Crippen LogP contribution is -2.31. The van der Waals surface area contributed by atoms with Crippen LogP contribution >= 0.6 is 22.6 Å². The molecule has 0 spiro atoms. The molecule has 0 unspecified atom stereocenters. The minimum atomic E-state index is -0.0153. The standard InChI is InChI=1S/C12H21IO2/c1-2-3-7-11(14)15-10-12(13)8-5-4-6-9-12/h2-10H2,1H3. The molecule has 1 saturated carbocycles. The van der Waals surface area contributed by atoms with Gasteiger partial charge in [-0.15, -0.1) is 0 Å². The Morgan fingerprint density at radius 3 is 2.60 bits per heavy atom. The maximum Gasteiger partial charge on any atom is 0.305 e. The number of unbranched alkanes of at least 4 members (excludes halogenated alkanes) is 1. The van der Waals surface area contributed by atoms with Crippen LogP contribution in [0.4, 0.5) is 0 Å². The number of hydrogen-bond donors (Lipinski definition) is 0. The molecule has 2 nitrogen and oxygen atoms in total. The van der Waals surface area contributed by atoms with Crippen LogP contribution in [-0.4, -0.2) is 16.0 Å². The summed E-state index contributed by atoms with van der Waals surface area (Å²) in [6.45, 7) is 2.71. The van der Waals surface area contributed by atoms with Gasteiger partial charge in [-0.1, -0.05) is 55.2 Å². The van der Waals surface area contributed by atoms with Crippen LogP contribution < -0.4 is 0 Å². The second kappa shape index (κ2) is 6.71. The lowest BCUT2D eigenvalue weighted by Gasteiger charge is -2.30.